The van der Waals surface area contributed by atoms with Crippen LogP contribution >= 0.6 is 11.8 Å². The number of rotatable bonds is 1. The Hall–Kier alpha value is -1.36. The number of Topliss-reactive ketones (excluding diaryl/α,β-unsaturated/α-hetero) is 1. The quantitative estimate of drug-likeness (QED) is 0.524. The second-order valence-electron chi connectivity index (χ2n) is 2.98. The van der Waals surface area contributed by atoms with E-state index in [9.17, 15) is 14.9 Å². The van der Waals surface area contributed by atoms with Crippen LogP contribution in [0.15, 0.2) is 18.2 Å². The summed E-state index contributed by atoms with van der Waals surface area (Å²) in [5.74, 6) is 0.965. The van der Waals surface area contributed by atoms with E-state index >= 15 is 0 Å². The number of thioether (sulfide) groups is 1. The fourth-order valence-corrected chi connectivity index (χ4v) is 2.43. The number of nitro groups is 1. The van der Waals surface area contributed by atoms with E-state index in [2.05, 4.69) is 0 Å². The van der Waals surface area contributed by atoms with Gasteiger partial charge < -0.3 is 0 Å². The van der Waals surface area contributed by atoms with Crippen molar-refractivity contribution in [2.45, 2.75) is 5.75 Å². The van der Waals surface area contributed by atoms with Crippen molar-refractivity contribution in [3.8, 4) is 0 Å². The van der Waals surface area contributed by atoms with Gasteiger partial charge in [0.2, 0.25) is 0 Å². The molecule has 1 aromatic carbocycles. The van der Waals surface area contributed by atoms with E-state index in [-0.39, 0.29) is 11.5 Å². The first-order valence-electron chi connectivity index (χ1n) is 4.07. The maximum atomic E-state index is 11.4. The molecule has 1 aliphatic heterocycles. The monoisotopic (exact) mass is 209 g/mol. The number of nitro benzene ring substituents is 1. The fourth-order valence-electron chi connectivity index (χ4n) is 1.48. The van der Waals surface area contributed by atoms with Crippen LogP contribution in [0.2, 0.25) is 0 Å². The molecular weight excluding hydrogens is 202 g/mol. The van der Waals surface area contributed by atoms with Crippen LogP contribution in [0.3, 0.4) is 0 Å². The van der Waals surface area contributed by atoms with Gasteiger partial charge in [-0.05, 0) is 0 Å². The van der Waals surface area contributed by atoms with Gasteiger partial charge in [0.1, 0.15) is 0 Å². The predicted octanol–water partition coefficient (Wildman–Crippen LogP) is 2.02. The van der Waals surface area contributed by atoms with E-state index < -0.39 is 4.92 Å². The van der Waals surface area contributed by atoms with Crippen molar-refractivity contribution in [2.24, 2.45) is 0 Å². The van der Waals surface area contributed by atoms with Crippen molar-refractivity contribution < 1.29 is 9.72 Å². The zero-order valence-electron chi connectivity index (χ0n) is 7.23. The number of nitrogens with zero attached hydrogens (tertiary/aromatic N) is 1. The lowest BCUT2D eigenvalue weighted by atomic mass is 10.0. The molecule has 14 heavy (non-hydrogen) atoms. The number of hydrogen-bond donors (Lipinski definition) is 0. The normalized spacial score (nSPS) is 15.0. The summed E-state index contributed by atoms with van der Waals surface area (Å²) in [6, 6.07) is 4.66. The molecule has 0 bridgehead atoms. The first-order chi connectivity index (χ1) is 6.70. The van der Waals surface area contributed by atoms with Crippen molar-refractivity contribution >= 4 is 23.2 Å². The lowest BCUT2D eigenvalue weighted by Gasteiger charge is -2.13. The summed E-state index contributed by atoms with van der Waals surface area (Å²) in [7, 11) is 0. The lowest BCUT2D eigenvalue weighted by molar-refractivity contribution is -0.385. The third-order valence-electron chi connectivity index (χ3n) is 2.13. The van der Waals surface area contributed by atoms with Crippen molar-refractivity contribution in [2.75, 3.05) is 5.75 Å². The summed E-state index contributed by atoms with van der Waals surface area (Å²) in [4.78, 5) is 21.6. The van der Waals surface area contributed by atoms with Crippen molar-refractivity contribution in [1.29, 1.82) is 0 Å². The first-order valence-corrected chi connectivity index (χ1v) is 5.23. The predicted molar refractivity (Wildman–Crippen MR) is 53.6 cm³/mol. The summed E-state index contributed by atoms with van der Waals surface area (Å²) in [6.07, 6.45) is 0. The molecule has 0 N–H and O–H groups in total. The third kappa shape index (κ3) is 1.39. The average molecular weight is 209 g/mol. The lowest BCUT2D eigenvalue weighted by Crippen LogP contribution is -2.13. The van der Waals surface area contributed by atoms with E-state index in [0.717, 1.165) is 0 Å². The Morgan fingerprint density at radius 1 is 1.36 bits per heavy atom. The molecule has 1 aromatic rings. The Morgan fingerprint density at radius 3 is 2.86 bits per heavy atom. The molecule has 0 saturated heterocycles. The van der Waals surface area contributed by atoms with Crippen LogP contribution in [-0.4, -0.2) is 16.5 Å². The maximum Gasteiger partial charge on any atom is 0.274 e. The maximum absolute atomic E-state index is 11.4. The summed E-state index contributed by atoms with van der Waals surface area (Å²) >= 11 is 1.42. The Bertz CT molecular complexity index is 402. The van der Waals surface area contributed by atoms with Crippen LogP contribution in [0.1, 0.15) is 15.9 Å². The van der Waals surface area contributed by atoms with Crippen LogP contribution in [-0.2, 0) is 5.75 Å². The number of carbonyl (C=O) groups is 1. The van der Waals surface area contributed by atoms with Crippen LogP contribution in [0.4, 0.5) is 5.69 Å². The molecule has 0 radical (unpaired) electrons. The highest BCUT2D eigenvalue weighted by molar-refractivity contribution is 7.99. The van der Waals surface area contributed by atoms with Crippen molar-refractivity contribution in [3.05, 3.63) is 39.4 Å². The van der Waals surface area contributed by atoms with E-state index in [1.165, 1.54) is 17.8 Å². The molecule has 72 valence electrons. The van der Waals surface area contributed by atoms with Gasteiger partial charge in [-0.2, -0.15) is 0 Å². The number of carbonyl (C=O) groups excluding carboxylic acids is 1. The highest BCUT2D eigenvalue weighted by Gasteiger charge is 2.24. The van der Waals surface area contributed by atoms with Gasteiger partial charge in [0.25, 0.3) is 5.69 Å². The number of fused-ring (bicyclic) bond motifs is 1. The molecule has 5 heteroatoms. The minimum absolute atomic E-state index is 0.0139. The second kappa shape index (κ2) is 3.42. The van der Waals surface area contributed by atoms with E-state index in [1.54, 1.807) is 12.1 Å². The zero-order chi connectivity index (χ0) is 10.1. The van der Waals surface area contributed by atoms with Gasteiger partial charge in [-0.15, -0.1) is 11.8 Å². The Kier molecular flexibility index (Phi) is 2.25. The van der Waals surface area contributed by atoms with Crippen LogP contribution in [0, 0.1) is 10.1 Å². The van der Waals surface area contributed by atoms with E-state index in [4.69, 9.17) is 0 Å². The number of ketones is 1. The zero-order valence-corrected chi connectivity index (χ0v) is 8.04. The van der Waals surface area contributed by atoms with Gasteiger partial charge in [0, 0.05) is 17.4 Å². The average Bonchev–Trinajstić information content (AvgIpc) is 2.17. The van der Waals surface area contributed by atoms with Gasteiger partial charge in [-0.3, -0.25) is 14.9 Å². The molecule has 0 amide bonds. The topological polar surface area (TPSA) is 60.2 Å². The van der Waals surface area contributed by atoms with Crippen LogP contribution in [0.5, 0.6) is 0 Å². The smallest absolute Gasteiger partial charge is 0.274 e. The van der Waals surface area contributed by atoms with Gasteiger partial charge in [0.05, 0.1) is 16.2 Å². The Morgan fingerprint density at radius 2 is 2.14 bits per heavy atom. The molecular formula is C9H7NO3S. The van der Waals surface area contributed by atoms with Crippen LogP contribution < -0.4 is 0 Å². The van der Waals surface area contributed by atoms with Gasteiger partial charge in [0.15, 0.2) is 5.78 Å². The van der Waals surface area contributed by atoms with Crippen molar-refractivity contribution in [3.63, 3.8) is 0 Å². The fraction of sp³-hybridized carbons (Fsp3) is 0.222. The molecule has 0 spiro atoms. The second-order valence-corrected chi connectivity index (χ2v) is 3.96. The molecule has 1 aliphatic rings. The standard InChI is InChI=1S/C9H7NO3S/c11-9-5-14-4-7-6(9)2-1-3-8(7)10(12)13/h1-3H,4-5H2. The summed E-state index contributed by atoms with van der Waals surface area (Å²) in [5, 5.41) is 10.7. The van der Waals surface area contributed by atoms with Gasteiger partial charge in [-0.25, -0.2) is 0 Å². The molecule has 0 saturated carbocycles. The summed E-state index contributed by atoms with van der Waals surface area (Å²) in [5.41, 5.74) is 1.14. The molecule has 0 aromatic heterocycles. The van der Waals surface area contributed by atoms with E-state index in [1.807, 2.05) is 0 Å². The number of hydrogen-bond acceptors (Lipinski definition) is 4. The first kappa shape index (κ1) is 9.21. The van der Waals surface area contributed by atoms with Gasteiger partial charge in [-0.1, -0.05) is 12.1 Å². The highest BCUT2D eigenvalue weighted by Crippen LogP contribution is 2.31. The number of benzene rings is 1. The summed E-state index contributed by atoms with van der Waals surface area (Å²) in [6.45, 7) is 0. The molecule has 0 aliphatic carbocycles. The third-order valence-corrected chi connectivity index (χ3v) is 3.09. The van der Waals surface area contributed by atoms with E-state index in [0.29, 0.717) is 22.6 Å². The molecule has 2 rings (SSSR count). The van der Waals surface area contributed by atoms with Gasteiger partial charge >= 0.3 is 0 Å². The Balaban J connectivity index is 2.60. The summed E-state index contributed by atoms with van der Waals surface area (Å²) < 4.78 is 0. The molecule has 0 atom stereocenters. The minimum atomic E-state index is -0.433. The van der Waals surface area contributed by atoms with Crippen molar-refractivity contribution in [1.82, 2.24) is 0 Å². The molecule has 1 heterocycles. The SMILES string of the molecule is O=C1CSCc2c1cccc2[N+](=O)[O-]. The largest absolute Gasteiger partial charge is 0.293 e. The minimum Gasteiger partial charge on any atom is -0.293 e. The highest BCUT2D eigenvalue weighted by atomic mass is 32.2. The molecule has 4 nitrogen and oxygen atoms in total. The van der Waals surface area contributed by atoms with Crippen LogP contribution in [0.25, 0.3) is 0 Å². The Labute approximate surface area is 84.5 Å². The molecule has 0 unspecified atom stereocenters. The molecule has 0 fully saturated rings.